The average Bonchev–Trinajstić information content (AvgIpc) is 2.82. The van der Waals surface area contributed by atoms with Gasteiger partial charge in [-0.1, -0.05) is 12.1 Å². The Morgan fingerprint density at radius 2 is 2.26 bits per heavy atom. The highest BCUT2D eigenvalue weighted by molar-refractivity contribution is 5.66. The van der Waals surface area contributed by atoms with Gasteiger partial charge in [0.05, 0.1) is 6.61 Å². The first-order chi connectivity index (χ1) is 9.15. The van der Waals surface area contributed by atoms with E-state index in [0.29, 0.717) is 0 Å². The molecule has 1 aromatic rings. The van der Waals surface area contributed by atoms with E-state index in [4.69, 9.17) is 9.84 Å². The van der Waals surface area contributed by atoms with Crippen LogP contribution in [-0.2, 0) is 17.8 Å². The molecular formula is C15H21NO3. The highest BCUT2D eigenvalue weighted by Crippen LogP contribution is 2.26. The fourth-order valence-electron chi connectivity index (χ4n) is 2.39. The Morgan fingerprint density at radius 1 is 1.42 bits per heavy atom. The molecule has 0 saturated heterocycles. The average molecular weight is 263 g/mol. The predicted octanol–water partition coefficient (Wildman–Crippen LogP) is 2.31. The number of carboxylic acid groups (broad SMARTS) is 1. The standard InChI is InChI=1S/C15H21NO3/c1-16(8-3-2-4-15(17)18)11-12-5-6-14-13(10-12)7-9-19-14/h5-6,10H,2-4,7-9,11H2,1H3,(H,17,18). The van der Waals surface area contributed by atoms with Gasteiger partial charge in [0.2, 0.25) is 0 Å². The van der Waals surface area contributed by atoms with E-state index in [9.17, 15) is 4.79 Å². The molecule has 0 spiro atoms. The van der Waals surface area contributed by atoms with E-state index in [-0.39, 0.29) is 6.42 Å². The third-order valence-corrected chi connectivity index (χ3v) is 3.39. The maximum atomic E-state index is 10.4. The maximum absolute atomic E-state index is 10.4. The highest BCUT2D eigenvalue weighted by Gasteiger charge is 2.12. The van der Waals surface area contributed by atoms with Gasteiger partial charge in [0.15, 0.2) is 0 Å². The first-order valence-electron chi connectivity index (χ1n) is 6.80. The monoisotopic (exact) mass is 263 g/mol. The molecule has 0 amide bonds. The predicted molar refractivity (Wildman–Crippen MR) is 73.5 cm³/mol. The quantitative estimate of drug-likeness (QED) is 0.767. The van der Waals surface area contributed by atoms with Crippen LogP contribution in [0.1, 0.15) is 30.4 Å². The van der Waals surface area contributed by atoms with Crippen LogP contribution in [0.15, 0.2) is 18.2 Å². The summed E-state index contributed by atoms with van der Waals surface area (Å²) < 4.78 is 5.49. The lowest BCUT2D eigenvalue weighted by molar-refractivity contribution is -0.137. The molecule has 0 bridgehead atoms. The summed E-state index contributed by atoms with van der Waals surface area (Å²) >= 11 is 0. The Morgan fingerprint density at radius 3 is 3.05 bits per heavy atom. The van der Waals surface area contributed by atoms with Crippen molar-refractivity contribution in [2.75, 3.05) is 20.2 Å². The van der Waals surface area contributed by atoms with E-state index in [2.05, 4.69) is 30.1 Å². The third kappa shape index (κ3) is 4.24. The molecular weight excluding hydrogens is 242 g/mol. The van der Waals surface area contributed by atoms with E-state index in [1.54, 1.807) is 0 Å². The second-order valence-electron chi connectivity index (χ2n) is 5.13. The van der Waals surface area contributed by atoms with Crippen molar-refractivity contribution in [3.63, 3.8) is 0 Å². The summed E-state index contributed by atoms with van der Waals surface area (Å²) in [5.41, 5.74) is 2.60. The number of unbranched alkanes of at least 4 members (excludes halogenated alkanes) is 1. The number of aliphatic carboxylic acids is 1. The molecule has 104 valence electrons. The molecule has 0 atom stereocenters. The summed E-state index contributed by atoms with van der Waals surface area (Å²) in [5.74, 6) is 0.314. The van der Waals surface area contributed by atoms with E-state index in [1.165, 1.54) is 11.1 Å². The van der Waals surface area contributed by atoms with Crippen LogP contribution in [0.4, 0.5) is 0 Å². The summed E-state index contributed by atoms with van der Waals surface area (Å²) in [7, 11) is 2.07. The normalized spacial score (nSPS) is 13.4. The Hall–Kier alpha value is -1.55. The number of carbonyl (C=O) groups is 1. The molecule has 4 heteroatoms. The van der Waals surface area contributed by atoms with E-state index in [0.717, 1.165) is 44.7 Å². The number of carboxylic acids is 1. The molecule has 0 fully saturated rings. The number of hydrogen-bond acceptors (Lipinski definition) is 3. The van der Waals surface area contributed by atoms with Gasteiger partial charge >= 0.3 is 5.97 Å². The molecule has 1 aliphatic rings. The van der Waals surface area contributed by atoms with E-state index < -0.39 is 5.97 Å². The summed E-state index contributed by atoms with van der Waals surface area (Å²) in [4.78, 5) is 12.7. The second kappa shape index (κ2) is 6.57. The number of hydrogen-bond donors (Lipinski definition) is 1. The van der Waals surface area contributed by atoms with Gasteiger partial charge in [-0.05, 0) is 43.6 Å². The topological polar surface area (TPSA) is 49.8 Å². The van der Waals surface area contributed by atoms with Gasteiger partial charge in [-0.3, -0.25) is 4.79 Å². The maximum Gasteiger partial charge on any atom is 0.303 e. The van der Waals surface area contributed by atoms with E-state index in [1.807, 2.05) is 0 Å². The molecule has 1 heterocycles. The van der Waals surface area contributed by atoms with Crippen LogP contribution in [0.3, 0.4) is 0 Å². The fourth-order valence-corrected chi connectivity index (χ4v) is 2.39. The molecule has 0 aliphatic carbocycles. The Balaban J connectivity index is 1.75. The Labute approximate surface area is 114 Å². The Kier molecular flexibility index (Phi) is 4.80. The lowest BCUT2D eigenvalue weighted by Gasteiger charge is -2.16. The SMILES string of the molecule is CN(CCCCC(=O)O)Cc1ccc2c(c1)CCO2. The van der Waals surface area contributed by atoms with Crippen molar-refractivity contribution >= 4 is 5.97 Å². The minimum absolute atomic E-state index is 0.268. The van der Waals surface area contributed by atoms with Gasteiger partial charge in [0.25, 0.3) is 0 Å². The largest absolute Gasteiger partial charge is 0.493 e. The zero-order valence-corrected chi connectivity index (χ0v) is 11.4. The summed E-state index contributed by atoms with van der Waals surface area (Å²) in [6, 6.07) is 6.38. The van der Waals surface area contributed by atoms with Crippen LogP contribution in [0, 0.1) is 0 Å². The van der Waals surface area contributed by atoms with Gasteiger partial charge in [0, 0.05) is 19.4 Å². The van der Waals surface area contributed by atoms with Gasteiger partial charge in [-0.2, -0.15) is 0 Å². The van der Waals surface area contributed by atoms with Gasteiger partial charge in [-0.15, -0.1) is 0 Å². The molecule has 0 unspecified atom stereocenters. The second-order valence-corrected chi connectivity index (χ2v) is 5.13. The van der Waals surface area contributed by atoms with E-state index >= 15 is 0 Å². The molecule has 0 aromatic heterocycles. The van der Waals surface area contributed by atoms with Crippen LogP contribution in [-0.4, -0.2) is 36.2 Å². The van der Waals surface area contributed by atoms with Crippen LogP contribution in [0.25, 0.3) is 0 Å². The Bertz CT molecular complexity index is 445. The van der Waals surface area contributed by atoms with Crippen molar-refractivity contribution in [3.8, 4) is 5.75 Å². The van der Waals surface area contributed by atoms with Crippen molar-refractivity contribution in [1.82, 2.24) is 4.90 Å². The van der Waals surface area contributed by atoms with Crippen LogP contribution in [0.5, 0.6) is 5.75 Å². The van der Waals surface area contributed by atoms with Crippen molar-refractivity contribution in [2.24, 2.45) is 0 Å². The first kappa shape index (κ1) is 13.9. The van der Waals surface area contributed by atoms with Crippen molar-refractivity contribution in [2.45, 2.75) is 32.2 Å². The molecule has 1 aliphatic heterocycles. The lowest BCUT2D eigenvalue weighted by atomic mass is 10.1. The molecule has 4 nitrogen and oxygen atoms in total. The van der Waals surface area contributed by atoms with Crippen LogP contribution in [0.2, 0.25) is 0 Å². The summed E-state index contributed by atoms with van der Waals surface area (Å²) in [5, 5.41) is 8.58. The zero-order valence-electron chi connectivity index (χ0n) is 11.4. The zero-order chi connectivity index (χ0) is 13.7. The van der Waals surface area contributed by atoms with Gasteiger partial charge in [-0.25, -0.2) is 0 Å². The summed E-state index contributed by atoms with van der Waals surface area (Å²) in [6.07, 6.45) is 2.95. The van der Waals surface area contributed by atoms with Crippen molar-refractivity contribution < 1.29 is 14.6 Å². The highest BCUT2D eigenvalue weighted by atomic mass is 16.5. The molecule has 0 saturated carbocycles. The number of rotatable bonds is 7. The van der Waals surface area contributed by atoms with Crippen LogP contribution >= 0.6 is 0 Å². The minimum atomic E-state index is -0.707. The number of nitrogens with zero attached hydrogens (tertiary/aromatic N) is 1. The van der Waals surface area contributed by atoms with Crippen LogP contribution < -0.4 is 4.74 Å². The third-order valence-electron chi connectivity index (χ3n) is 3.39. The number of fused-ring (bicyclic) bond motifs is 1. The van der Waals surface area contributed by atoms with Gasteiger partial charge in [0.1, 0.15) is 5.75 Å². The molecule has 2 rings (SSSR count). The smallest absolute Gasteiger partial charge is 0.303 e. The molecule has 19 heavy (non-hydrogen) atoms. The minimum Gasteiger partial charge on any atom is -0.493 e. The lowest BCUT2D eigenvalue weighted by Crippen LogP contribution is -2.19. The number of ether oxygens (including phenoxy) is 1. The molecule has 1 aromatic carbocycles. The number of benzene rings is 1. The molecule has 0 radical (unpaired) electrons. The van der Waals surface area contributed by atoms with Gasteiger partial charge < -0.3 is 14.7 Å². The van der Waals surface area contributed by atoms with Crippen molar-refractivity contribution in [1.29, 1.82) is 0 Å². The molecule has 1 N–H and O–H groups in total. The first-order valence-corrected chi connectivity index (χ1v) is 6.80. The summed E-state index contributed by atoms with van der Waals surface area (Å²) in [6.45, 7) is 2.63. The fraction of sp³-hybridized carbons (Fsp3) is 0.533. The van der Waals surface area contributed by atoms with Crippen molar-refractivity contribution in [3.05, 3.63) is 29.3 Å².